The van der Waals surface area contributed by atoms with Crippen molar-refractivity contribution in [3.8, 4) is 11.5 Å². The summed E-state index contributed by atoms with van der Waals surface area (Å²) in [5.41, 5.74) is 4.64. The Hall–Kier alpha value is -3.28. The van der Waals surface area contributed by atoms with E-state index in [2.05, 4.69) is 52.6 Å². The lowest BCUT2D eigenvalue weighted by atomic mass is 10.1. The summed E-state index contributed by atoms with van der Waals surface area (Å²) in [6.45, 7) is 6.76. The molecule has 0 bridgehead atoms. The zero-order valence-corrected chi connectivity index (χ0v) is 17.7. The molecule has 0 spiro atoms. The number of aromatic nitrogens is 2. The van der Waals surface area contributed by atoms with E-state index in [4.69, 9.17) is 9.47 Å². The number of anilines is 3. The van der Waals surface area contributed by atoms with E-state index in [9.17, 15) is 0 Å². The van der Waals surface area contributed by atoms with Crippen molar-refractivity contribution in [3.63, 3.8) is 0 Å². The first-order valence-electron chi connectivity index (χ1n) is 9.70. The molecule has 2 N–H and O–H groups in total. The molecule has 6 nitrogen and oxygen atoms in total. The molecule has 152 valence electrons. The van der Waals surface area contributed by atoms with E-state index in [1.54, 1.807) is 14.2 Å². The molecular weight excluding hydrogens is 364 g/mol. The second-order valence-electron chi connectivity index (χ2n) is 6.82. The van der Waals surface area contributed by atoms with Gasteiger partial charge in [0.2, 0.25) is 0 Å². The summed E-state index contributed by atoms with van der Waals surface area (Å²) in [4.78, 5) is 9.07. The molecule has 0 aliphatic carbocycles. The van der Waals surface area contributed by atoms with Crippen molar-refractivity contribution in [1.29, 1.82) is 0 Å². The normalized spacial score (nSPS) is 10.5. The van der Waals surface area contributed by atoms with Crippen LogP contribution in [0.2, 0.25) is 0 Å². The van der Waals surface area contributed by atoms with E-state index in [0.717, 1.165) is 29.3 Å². The first-order valence-corrected chi connectivity index (χ1v) is 9.70. The number of ether oxygens (including phenoxy) is 2. The SMILES string of the molecule is CCc1cccc(C)c1Nc1cc(NCc2ccc(OC)c(OC)c2)nc(C)n1. The van der Waals surface area contributed by atoms with Crippen LogP contribution in [0.3, 0.4) is 0 Å². The predicted molar refractivity (Wildman–Crippen MR) is 117 cm³/mol. The highest BCUT2D eigenvalue weighted by Crippen LogP contribution is 2.28. The summed E-state index contributed by atoms with van der Waals surface area (Å²) >= 11 is 0. The highest BCUT2D eigenvalue weighted by Gasteiger charge is 2.09. The Morgan fingerprint density at radius 1 is 0.897 bits per heavy atom. The Morgan fingerprint density at radius 3 is 2.38 bits per heavy atom. The molecule has 1 aromatic heterocycles. The van der Waals surface area contributed by atoms with E-state index in [1.165, 1.54) is 11.1 Å². The molecule has 0 fully saturated rings. The highest BCUT2D eigenvalue weighted by atomic mass is 16.5. The van der Waals surface area contributed by atoms with Crippen molar-refractivity contribution < 1.29 is 9.47 Å². The molecule has 0 aliphatic rings. The van der Waals surface area contributed by atoms with Crippen molar-refractivity contribution >= 4 is 17.3 Å². The van der Waals surface area contributed by atoms with Gasteiger partial charge in [0.1, 0.15) is 17.5 Å². The molecule has 0 saturated heterocycles. The molecule has 29 heavy (non-hydrogen) atoms. The van der Waals surface area contributed by atoms with Gasteiger partial charge in [0.25, 0.3) is 0 Å². The lowest BCUT2D eigenvalue weighted by Crippen LogP contribution is -2.06. The van der Waals surface area contributed by atoms with E-state index in [1.807, 2.05) is 31.2 Å². The molecule has 0 atom stereocenters. The quantitative estimate of drug-likeness (QED) is 0.560. The molecule has 0 aliphatic heterocycles. The van der Waals surface area contributed by atoms with Crippen LogP contribution in [0.1, 0.15) is 29.4 Å². The Labute approximate surface area is 172 Å². The average molecular weight is 393 g/mol. The van der Waals surface area contributed by atoms with E-state index >= 15 is 0 Å². The van der Waals surface area contributed by atoms with Gasteiger partial charge in [0.05, 0.1) is 14.2 Å². The lowest BCUT2D eigenvalue weighted by Gasteiger charge is -2.15. The van der Waals surface area contributed by atoms with Crippen LogP contribution < -0.4 is 20.1 Å². The third-order valence-corrected chi connectivity index (χ3v) is 4.75. The number of nitrogens with zero attached hydrogens (tertiary/aromatic N) is 2. The minimum Gasteiger partial charge on any atom is -0.493 e. The molecular formula is C23H28N4O2. The van der Waals surface area contributed by atoms with Crippen molar-refractivity contribution in [3.05, 3.63) is 65.0 Å². The molecule has 3 aromatic rings. The number of rotatable bonds is 8. The second kappa shape index (κ2) is 9.28. The molecule has 0 unspecified atom stereocenters. The maximum atomic E-state index is 5.38. The van der Waals surface area contributed by atoms with Crippen molar-refractivity contribution in [1.82, 2.24) is 9.97 Å². The summed E-state index contributed by atoms with van der Waals surface area (Å²) in [7, 11) is 3.27. The fourth-order valence-electron chi connectivity index (χ4n) is 3.24. The van der Waals surface area contributed by atoms with Crippen LogP contribution in [-0.4, -0.2) is 24.2 Å². The molecule has 0 amide bonds. The number of para-hydroxylation sites is 1. The van der Waals surface area contributed by atoms with Crippen molar-refractivity contribution in [2.75, 3.05) is 24.9 Å². The van der Waals surface area contributed by atoms with Crippen LogP contribution >= 0.6 is 0 Å². The van der Waals surface area contributed by atoms with E-state index in [-0.39, 0.29) is 0 Å². The average Bonchev–Trinajstić information content (AvgIpc) is 2.73. The van der Waals surface area contributed by atoms with Gasteiger partial charge in [-0.3, -0.25) is 0 Å². The van der Waals surface area contributed by atoms with Crippen LogP contribution in [0.25, 0.3) is 0 Å². The Bertz CT molecular complexity index is 989. The van der Waals surface area contributed by atoms with E-state index < -0.39 is 0 Å². The van der Waals surface area contributed by atoms with Gasteiger partial charge in [0, 0.05) is 18.3 Å². The number of benzene rings is 2. The highest BCUT2D eigenvalue weighted by molar-refractivity contribution is 5.66. The fraction of sp³-hybridized carbons (Fsp3) is 0.304. The van der Waals surface area contributed by atoms with Gasteiger partial charge in [-0.25, -0.2) is 9.97 Å². The summed E-state index contributed by atoms with van der Waals surface area (Å²) < 4.78 is 10.7. The van der Waals surface area contributed by atoms with Crippen LogP contribution in [0.15, 0.2) is 42.5 Å². The first kappa shape index (κ1) is 20.5. The minimum absolute atomic E-state index is 0.612. The molecule has 0 saturated carbocycles. The van der Waals surface area contributed by atoms with Gasteiger partial charge in [-0.05, 0) is 49.1 Å². The van der Waals surface area contributed by atoms with Gasteiger partial charge in [-0.1, -0.05) is 31.2 Å². The maximum absolute atomic E-state index is 5.38. The van der Waals surface area contributed by atoms with Gasteiger partial charge >= 0.3 is 0 Å². The standard InChI is InChI=1S/C23H28N4O2/c1-6-18-9-7-8-15(2)23(18)27-22-13-21(25-16(3)26-22)24-14-17-10-11-19(28-4)20(12-17)29-5/h7-13H,6,14H2,1-5H3,(H2,24,25,26,27). The molecule has 6 heteroatoms. The maximum Gasteiger partial charge on any atom is 0.161 e. The third-order valence-electron chi connectivity index (χ3n) is 4.75. The fourth-order valence-corrected chi connectivity index (χ4v) is 3.24. The summed E-state index contributed by atoms with van der Waals surface area (Å²) in [5.74, 6) is 3.67. The number of nitrogens with one attached hydrogen (secondary N) is 2. The van der Waals surface area contributed by atoms with Crippen molar-refractivity contribution in [2.45, 2.75) is 33.7 Å². The molecule has 1 heterocycles. The van der Waals surface area contributed by atoms with Gasteiger partial charge in [0.15, 0.2) is 11.5 Å². The van der Waals surface area contributed by atoms with Crippen molar-refractivity contribution in [2.24, 2.45) is 0 Å². The molecule has 3 rings (SSSR count). The van der Waals surface area contributed by atoms with E-state index in [0.29, 0.717) is 23.9 Å². The van der Waals surface area contributed by atoms with Crippen LogP contribution in [-0.2, 0) is 13.0 Å². The summed E-state index contributed by atoms with van der Waals surface area (Å²) in [6.07, 6.45) is 0.957. The summed E-state index contributed by atoms with van der Waals surface area (Å²) in [6, 6.07) is 14.1. The first-order chi connectivity index (χ1) is 14.0. The number of aryl methyl sites for hydroxylation is 3. The lowest BCUT2D eigenvalue weighted by molar-refractivity contribution is 0.354. The zero-order chi connectivity index (χ0) is 20.8. The molecule has 2 aromatic carbocycles. The smallest absolute Gasteiger partial charge is 0.161 e. The zero-order valence-electron chi connectivity index (χ0n) is 17.7. The van der Waals surface area contributed by atoms with Gasteiger partial charge < -0.3 is 20.1 Å². The monoisotopic (exact) mass is 392 g/mol. The molecule has 0 radical (unpaired) electrons. The van der Waals surface area contributed by atoms with Crippen LogP contribution in [0, 0.1) is 13.8 Å². The topological polar surface area (TPSA) is 68.3 Å². The number of methoxy groups -OCH3 is 2. The number of hydrogen-bond donors (Lipinski definition) is 2. The number of hydrogen-bond acceptors (Lipinski definition) is 6. The van der Waals surface area contributed by atoms with Gasteiger partial charge in [-0.15, -0.1) is 0 Å². The van der Waals surface area contributed by atoms with Crippen LogP contribution in [0.5, 0.6) is 11.5 Å². The van der Waals surface area contributed by atoms with Crippen LogP contribution in [0.4, 0.5) is 17.3 Å². The second-order valence-corrected chi connectivity index (χ2v) is 6.82. The predicted octanol–water partition coefficient (Wildman–Crippen LogP) is 5.03. The Kier molecular flexibility index (Phi) is 6.54. The summed E-state index contributed by atoms with van der Waals surface area (Å²) in [5, 5.41) is 6.85. The van der Waals surface area contributed by atoms with Gasteiger partial charge in [-0.2, -0.15) is 0 Å². The Balaban J connectivity index is 1.78. The minimum atomic E-state index is 0.612. The third kappa shape index (κ3) is 4.96. The Morgan fingerprint density at radius 2 is 1.66 bits per heavy atom. The largest absolute Gasteiger partial charge is 0.493 e.